The van der Waals surface area contributed by atoms with Gasteiger partial charge in [-0.1, -0.05) is 72.8 Å². The van der Waals surface area contributed by atoms with Crippen molar-refractivity contribution >= 4 is 17.1 Å². The minimum absolute atomic E-state index is 0.854. The van der Waals surface area contributed by atoms with Gasteiger partial charge in [0.15, 0.2) is 11.5 Å². The Hall–Kier alpha value is -4.37. The Balaban J connectivity index is 1.39. The van der Waals surface area contributed by atoms with E-state index in [9.17, 15) is 0 Å². The first kappa shape index (κ1) is 18.4. The molecule has 1 aliphatic rings. The molecule has 2 heterocycles. The lowest BCUT2D eigenvalue weighted by Gasteiger charge is -2.32. The largest absolute Gasteiger partial charge is 0.453 e. The molecule has 0 fully saturated rings. The molecule has 0 amide bonds. The summed E-state index contributed by atoms with van der Waals surface area (Å²) in [7, 11) is 0. The van der Waals surface area contributed by atoms with E-state index in [4.69, 9.17) is 9.72 Å². The molecule has 0 atom stereocenters. The number of benzene rings is 4. The van der Waals surface area contributed by atoms with Gasteiger partial charge in [0.25, 0.3) is 0 Å². The van der Waals surface area contributed by atoms with Crippen LogP contribution in [0.4, 0.5) is 17.1 Å². The van der Waals surface area contributed by atoms with Crippen molar-refractivity contribution in [3.8, 4) is 34.0 Å². The van der Waals surface area contributed by atoms with E-state index in [0.29, 0.717) is 0 Å². The van der Waals surface area contributed by atoms with Gasteiger partial charge >= 0.3 is 0 Å². The highest BCUT2D eigenvalue weighted by Crippen LogP contribution is 2.50. The zero-order valence-electron chi connectivity index (χ0n) is 17.3. The Morgan fingerprint density at radius 2 is 1.00 bits per heavy atom. The summed E-state index contributed by atoms with van der Waals surface area (Å²) in [6.07, 6.45) is 0. The third-order valence-corrected chi connectivity index (χ3v) is 5.67. The second kappa shape index (κ2) is 7.71. The van der Waals surface area contributed by atoms with E-state index in [0.717, 1.165) is 51.1 Å². The lowest BCUT2D eigenvalue weighted by Crippen LogP contribution is -2.15. The summed E-state index contributed by atoms with van der Waals surface area (Å²) in [5, 5.41) is 0. The fraction of sp³-hybridized carbons (Fsp3) is 0. The predicted octanol–water partition coefficient (Wildman–Crippen LogP) is 7.99. The van der Waals surface area contributed by atoms with Crippen molar-refractivity contribution in [2.45, 2.75) is 0 Å². The molecular formula is C29H20N2O. The third kappa shape index (κ3) is 3.21. The van der Waals surface area contributed by atoms with Gasteiger partial charge in [0.05, 0.1) is 22.8 Å². The van der Waals surface area contributed by atoms with E-state index >= 15 is 0 Å². The van der Waals surface area contributed by atoms with E-state index in [1.165, 1.54) is 0 Å². The van der Waals surface area contributed by atoms with Gasteiger partial charge < -0.3 is 9.64 Å². The fourth-order valence-electron chi connectivity index (χ4n) is 4.13. The number of ether oxygens (including phenoxy) is 1. The molecule has 0 bridgehead atoms. The highest BCUT2D eigenvalue weighted by molar-refractivity contribution is 5.86. The number of para-hydroxylation sites is 4. The van der Waals surface area contributed by atoms with Crippen LogP contribution in [0.15, 0.2) is 121 Å². The number of hydrogen-bond acceptors (Lipinski definition) is 3. The van der Waals surface area contributed by atoms with Crippen molar-refractivity contribution < 1.29 is 4.74 Å². The topological polar surface area (TPSA) is 25.4 Å². The Labute approximate surface area is 187 Å². The van der Waals surface area contributed by atoms with Crippen molar-refractivity contribution in [2.24, 2.45) is 0 Å². The summed E-state index contributed by atoms with van der Waals surface area (Å²) in [5.74, 6) is 1.71. The Bertz CT molecular complexity index is 1350. The van der Waals surface area contributed by atoms with Gasteiger partial charge in [0.2, 0.25) is 0 Å². The van der Waals surface area contributed by atoms with Crippen molar-refractivity contribution in [3.05, 3.63) is 121 Å². The number of fused-ring (bicyclic) bond motifs is 2. The van der Waals surface area contributed by atoms with Crippen LogP contribution in [0.5, 0.6) is 11.5 Å². The average Bonchev–Trinajstić information content (AvgIpc) is 2.88. The molecule has 4 aromatic carbocycles. The molecule has 32 heavy (non-hydrogen) atoms. The maximum absolute atomic E-state index is 6.13. The number of rotatable bonds is 3. The maximum Gasteiger partial charge on any atom is 0.151 e. The second-order valence-electron chi connectivity index (χ2n) is 7.69. The molecule has 1 aliphatic heterocycles. The van der Waals surface area contributed by atoms with E-state index in [-0.39, 0.29) is 0 Å². The van der Waals surface area contributed by atoms with E-state index in [1.807, 2.05) is 54.6 Å². The first-order valence-corrected chi connectivity index (χ1v) is 10.7. The van der Waals surface area contributed by atoms with Gasteiger partial charge in [-0.25, -0.2) is 4.98 Å². The number of aromatic nitrogens is 1. The molecule has 152 valence electrons. The molecule has 1 aromatic heterocycles. The molecule has 0 saturated heterocycles. The average molecular weight is 412 g/mol. The van der Waals surface area contributed by atoms with Crippen LogP contribution in [-0.4, -0.2) is 4.98 Å². The normalized spacial score (nSPS) is 11.9. The van der Waals surface area contributed by atoms with Gasteiger partial charge in [0, 0.05) is 16.8 Å². The Kier molecular flexibility index (Phi) is 4.43. The molecule has 0 saturated carbocycles. The summed E-state index contributed by atoms with van der Waals surface area (Å²) in [6, 6.07) is 41.3. The monoisotopic (exact) mass is 412 g/mol. The number of hydrogen-bond donors (Lipinski definition) is 0. The van der Waals surface area contributed by atoms with Crippen LogP contribution < -0.4 is 9.64 Å². The molecule has 0 N–H and O–H groups in total. The van der Waals surface area contributed by atoms with Gasteiger partial charge in [-0.3, -0.25) is 0 Å². The van der Waals surface area contributed by atoms with Crippen LogP contribution in [0.1, 0.15) is 0 Å². The van der Waals surface area contributed by atoms with Crippen molar-refractivity contribution in [2.75, 3.05) is 4.90 Å². The molecule has 5 aromatic rings. The third-order valence-electron chi connectivity index (χ3n) is 5.67. The number of pyridine rings is 1. The first-order chi connectivity index (χ1) is 15.9. The minimum Gasteiger partial charge on any atom is -0.453 e. The number of anilines is 3. The highest BCUT2D eigenvalue weighted by atomic mass is 16.5. The maximum atomic E-state index is 6.13. The van der Waals surface area contributed by atoms with Crippen LogP contribution >= 0.6 is 0 Å². The van der Waals surface area contributed by atoms with Gasteiger partial charge in [-0.15, -0.1) is 0 Å². The van der Waals surface area contributed by atoms with Crippen LogP contribution in [0.25, 0.3) is 22.5 Å². The Morgan fingerprint density at radius 1 is 0.469 bits per heavy atom. The molecular weight excluding hydrogens is 392 g/mol. The zero-order chi connectivity index (χ0) is 21.3. The first-order valence-electron chi connectivity index (χ1n) is 10.7. The lowest BCUT2D eigenvalue weighted by atomic mass is 10.1. The van der Waals surface area contributed by atoms with Crippen LogP contribution in [-0.2, 0) is 0 Å². The smallest absolute Gasteiger partial charge is 0.151 e. The fourth-order valence-corrected chi connectivity index (χ4v) is 4.13. The second-order valence-corrected chi connectivity index (χ2v) is 7.69. The summed E-state index contributed by atoms with van der Waals surface area (Å²) in [4.78, 5) is 7.14. The zero-order valence-corrected chi connectivity index (χ0v) is 17.3. The predicted molar refractivity (Wildman–Crippen MR) is 130 cm³/mol. The number of nitrogens with zero attached hydrogens (tertiary/aromatic N) is 2. The van der Waals surface area contributed by atoms with Crippen LogP contribution in [0.2, 0.25) is 0 Å². The molecule has 3 nitrogen and oxygen atoms in total. The molecule has 3 heteroatoms. The molecule has 0 unspecified atom stereocenters. The van der Waals surface area contributed by atoms with E-state index in [2.05, 4.69) is 71.6 Å². The molecule has 0 spiro atoms. The SMILES string of the molecule is c1ccc(-c2cccc(-c3ccc(N4c5ccccc5Oc5ccccc54)cc3)n2)cc1. The highest BCUT2D eigenvalue weighted by Gasteiger charge is 2.25. The molecule has 0 radical (unpaired) electrons. The Morgan fingerprint density at radius 3 is 1.62 bits per heavy atom. The van der Waals surface area contributed by atoms with Gasteiger partial charge in [0.1, 0.15) is 0 Å². The quantitative estimate of drug-likeness (QED) is 0.294. The van der Waals surface area contributed by atoms with E-state index < -0.39 is 0 Å². The van der Waals surface area contributed by atoms with Gasteiger partial charge in [-0.2, -0.15) is 0 Å². The standard InChI is InChI=1S/C29H20N2O/c1-2-9-21(10-3-1)24-11-8-12-25(30-24)22-17-19-23(20-18-22)31-26-13-4-6-15-28(26)32-29-16-7-5-14-27(29)31/h1-20H. The van der Waals surface area contributed by atoms with Crippen molar-refractivity contribution in [1.82, 2.24) is 4.98 Å². The summed E-state index contributed by atoms with van der Waals surface area (Å²) >= 11 is 0. The summed E-state index contributed by atoms with van der Waals surface area (Å²) < 4.78 is 6.13. The van der Waals surface area contributed by atoms with Crippen LogP contribution in [0, 0.1) is 0 Å². The van der Waals surface area contributed by atoms with Crippen molar-refractivity contribution in [3.63, 3.8) is 0 Å². The van der Waals surface area contributed by atoms with Crippen LogP contribution in [0.3, 0.4) is 0 Å². The molecule has 6 rings (SSSR count). The summed E-state index contributed by atoms with van der Waals surface area (Å²) in [5.41, 5.74) is 7.28. The van der Waals surface area contributed by atoms with Crippen molar-refractivity contribution in [1.29, 1.82) is 0 Å². The summed E-state index contributed by atoms with van der Waals surface area (Å²) in [6.45, 7) is 0. The lowest BCUT2D eigenvalue weighted by molar-refractivity contribution is 0.477. The minimum atomic E-state index is 0.854. The van der Waals surface area contributed by atoms with Gasteiger partial charge in [-0.05, 0) is 48.5 Å². The molecule has 0 aliphatic carbocycles. The van der Waals surface area contributed by atoms with E-state index in [1.54, 1.807) is 0 Å².